The molecule has 0 aromatic heterocycles. The number of rotatable bonds is 4. The van der Waals surface area contributed by atoms with Crippen LogP contribution >= 0.6 is 0 Å². The normalized spacial score (nSPS) is 22.2. The Morgan fingerprint density at radius 2 is 2.14 bits per heavy atom. The van der Waals surface area contributed by atoms with Crippen molar-refractivity contribution in [2.24, 2.45) is 16.8 Å². The topological polar surface area (TPSA) is 67.8 Å². The zero-order chi connectivity index (χ0) is 10.4. The molecule has 82 valence electrons. The van der Waals surface area contributed by atoms with Crippen LogP contribution in [0.4, 0.5) is 0 Å². The van der Waals surface area contributed by atoms with Crippen molar-refractivity contribution in [1.82, 2.24) is 0 Å². The Morgan fingerprint density at radius 3 is 2.71 bits per heavy atom. The molecule has 0 spiro atoms. The van der Waals surface area contributed by atoms with Crippen molar-refractivity contribution >= 4 is 5.84 Å². The van der Waals surface area contributed by atoms with E-state index >= 15 is 0 Å². The largest absolute Gasteiger partial charge is 0.409 e. The van der Waals surface area contributed by atoms with Crippen LogP contribution in [0, 0.1) is 5.92 Å². The molecule has 0 aliphatic heterocycles. The Hall–Kier alpha value is -0.770. The molecule has 4 heteroatoms. The van der Waals surface area contributed by atoms with Crippen molar-refractivity contribution in [1.29, 1.82) is 0 Å². The van der Waals surface area contributed by atoms with E-state index in [-0.39, 0.29) is 11.9 Å². The highest BCUT2D eigenvalue weighted by Crippen LogP contribution is 2.23. The van der Waals surface area contributed by atoms with Crippen molar-refractivity contribution in [2.75, 3.05) is 6.61 Å². The lowest BCUT2D eigenvalue weighted by Gasteiger charge is -2.22. The first-order valence-electron chi connectivity index (χ1n) is 5.33. The third kappa shape index (κ3) is 3.54. The van der Waals surface area contributed by atoms with Crippen molar-refractivity contribution < 1.29 is 9.94 Å². The average Bonchev–Trinajstić information content (AvgIpc) is 2.26. The van der Waals surface area contributed by atoms with Crippen LogP contribution in [0.2, 0.25) is 0 Å². The quantitative estimate of drug-likeness (QED) is 0.314. The summed E-state index contributed by atoms with van der Waals surface area (Å²) >= 11 is 0. The van der Waals surface area contributed by atoms with Gasteiger partial charge in [-0.15, -0.1) is 0 Å². The van der Waals surface area contributed by atoms with E-state index < -0.39 is 0 Å². The number of hydrogen-bond donors (Lipinski definition) is 2. The maximum atomic E-state index is 8.43. The van der Waals surface area contributed by atoms with Crippen LogP contribution < -0.4 is 5.73 Å². The molecule has 0 bridgehead atoms. The van der Waals surface area contributed by atoms with E-state index in [4.69, 9.17) is 15.7 Å². The van der Waals surface area contributed by atoms with E-state index in [9.17, 15) is 0 Å². The molecule has 1 atom stereocenters. The van der Waals surface area contributed by atoms with Crippen LogP contribution in [0.25, 0.3) is 0 Å². The van der Waals surface area contributed by atoms with Gasteiger partial charge in [0.25, 0.3) is 0 Å². The lowest BCUT2D eigenvalue weighted by Crippen LogP contribution is -2.30. The summed E-state index contributed by atoms with van der Waals surface area (Å²) in [6.07, 6.45) is 6.21. The zero-order valence-corrected chi connectivity index (χ0v) is 8.78. The SMILES string of the molecule is CC(OCC1CCCCC1)C(N)=NO. The van der Waals surface area contributed by atoms with Gasteiger partial charge in [-0.25, -0.2) is 0 Å². The molecular weight excluding hydrogens is 180 g/mol. The fourth-order valence-electron chi connectivity index (χ4n) is 1.80. The highest BCUT2D eigenvalue weighted by atomic mass is 16.5. The maximum Gasteiger partial charge on any atom is 0.168 e. The maximum absolute atomic E-state index is 8.43. The molecule has 1 aliphatic rings. The Labute approximate surface area is 85.1 Å². The number of hydrogen-bond acceptors (Lipinski definition) is 3. The minimum atomic E-state index is -0.276. The lowest BCUT2D eigenvalue weighted by atomic mass is 9.90. The van der Waals surface area contributed by atoms with Crippen LogP contribution in [-0.4, -0.2) is 23.8 Å². The van der Waals surface area contributed by atoms with Gasteiger partial charge in [-0.1, -0.05) is 24.4 Å². The van der Waals surface area contributed by atoms with Crippen LogP contribution in [0.5, 0.6) is 0 Å². The number of amidine groups is 1. The number of nitrogens with two attached hydrogens (primary N) is 1. The third-order valence-corrected chi connectivity index (χ3v) is 2.84. The second-order valence-electron chi connectivity index (χ2n) is 4.00. The Kier molecular flexibility index (Phi) is 4.73. The van der Waals surface area contributed by atoms with Gasteiger partial charge < -0.3 is 15.7 Å². The first kappa shape index (κ1) is 11.3. The summed E-state index contributed by atoms with van der Waals surface area (Å²) in [5, 5.41) is 11.3. The summed E-state index contributed by atoms with van der Waals surface area (Å²) in [4.78, 5) is 0. The van der Waals surface area contributed by atoms with Crippen LogP contribution in [0.3, 0.4) is 0 Å². The monoisotopic (exact) mass is 200 g/mol. The summed E-state index contributed by atoms with van der Waals surface area (Å²) in [5.74, 6) is 0.818. The summed E-state index contributed by atoms with van der Waals surface area (Å²) in [6, 6.07) is 0. The lowest BCUT2D eigenvalue weighted by molar-refractivity contribution is 0.0634. The van der Waals surface area contributed by atoms with E-state index in [1.165, 1.54) is 32.1 Å². The predicted octanol–water partition coefficient (Wildman–Crippen LogP) is 1.72. The molecule has 4 nitrogen and oxygen atoms in total. The highest BCUT2D eigenvalue weighted by Gasteiger charge is 2.16. The van der Waals surface area contributed by atoms with Crippen molar-refractivity contribution in [2.45, 2.75) is 45.1 Å². The molecule has 0 aromatic rings. The van der Waals surface area contributed by atoms with Crippen molar-refractivity contribution in [3.05, 3.63) is 0 Å². The summed E-state index contributed by atoms with van der Waals surface area (Å²) in [6.45, 7) is 2.54. The van der Waals surface area contributed by atoms with Gasteiger partial charge in [0.05, 0.1) is 6.61 Å². The Bertz CT molecular complexity index is 189. The average molecular weight is 200 g/mol. The second kappa shape index (κ2) is 5.86. The van der Waals surface area contributed by atoms with Gasteiger partial charge in [-0.2, -0.15) is 0 Å². The highest BCUT2D eigenvalue weighted by molar-refractivity contribution is 5.83. The summed E-state index contributed by atoms with van der Waals surface area (Å²) in [5.41, 5.74) is 5.41. The van der Waals surface area contributed by atoms with E-state index in [1.807, 2.05) is 0 Å². The van der Waals surface area contributed by atoms with Gasteiger partial charge >= 0.3 is 0 Å². The molecule has 1 saturated carbocycles. The van der Waals surface area contributed by atoms with Gasteiger partial charge in [0.15, 0.2) is 5.84 Å². The molecule has 0 heterocycles. The number of oxime groups is 1. The smallest absolute Gasteiger partial charge is 0.168 e. The molecule has 0 saturated heterocycles. The second-order valence-corrected chi connectivity index (χ2v) is 4.00. The molecule has 14 heavy (non-hydrogen) atoms. The molecule has 1 fully saturated rings. The minimum absolute atomic E-state index is 0.154. The fraction of sp³-hybridized carbons (Fsp3) is 0.900. The van der Waals surface area contributed by atoms with E-state index in [2.05, 4.69) is 5.16 Å². The van der Waals surface area contributed by atoms with E-state index in [0.717, 1.165) is 6.61 Å². The molecule has 0 radical (unpaired) electrons. The van der Waals surface area contributed by atoms with Gasteiger partial charge in [-0.3, -0.25) is 0 Å². The Morgan fingerprint density at radius 1 is 1.50 bits per heavy atom. The van der Waals surface area contributed by atoms with Crippen LogP contribution in [0.15, 0.2) is 5.16 Å². The first-order valence-corrected chi connectivity index (χ1v) is 5.33. The summed E-state index contributed by atoms with van der Waals surface area (Å²) < 4.78 is 5.52. The molecule has 1 rings (SSSR count). The predicted molar refractivity (Wildman–Crippen MR) is 55.4 cm³/mol. The van der Waals surface area contributed by atoms with Crippen molar-refractivity contribution in [3.8, 4) is 0 Å². The van der Waals surface area contributed by atoms with Crippen LogP contribution in [-0.2, 0) is 4.74 Å². The van der Waals surface area contributed by atoms with Gasteiger partial charge in [-0.05, 0) is 25.7 Å². The fourth-order valence-corrected chi connectivity index (χ4v) is 1.80. The van der Waals surface area contributed by atoms with Crippen molar-refractivity contribution in [3.63, 3.8) is 0 Å². The third-order valence-electron chi connectivity index (χ3n) is 2.84. The number of nitrogens with zero attached hydrogens (tertiary/aromatic N) is 1. The molecule has 0 aromatic carbocycles. The molecule has 1 aliphatic carbocycles. The molecule has 0 amide bonds. The van der Waals surface area contributed by atoms with Gasteiger partial charge in [0.2, 0.25) is 0 Å². The molecule has 1 unspecified atom stereocenters. The molecular formula is C10H20N2O2. The van der Waals surface area contributed by atoms with Gasteiger partial charge in [0.1, 0.15) is 6.10 Å². The Balaban J connectivity index is 2.18. The van der Waals surface area contributed by atoms with E-state index in [0.29, 0.717) is 5.92 Å². The standard InChI is InChI=1S/C10H20N2O2/c1-8(10(11)12-13)14-7-9-5-3-2-4-6-9/h8-9,13H,2-7H2,1H3,(H2,11,12). The van der Waals surface area contributed by atoms with Crippen LogP contribution in [0.1, 0.15) is 39.0 Å². The van der Waals surface area contributed by atoms with E-state index in [1.54, 1.807) is 6.92 Å². The zero-order valence-electron chi connectivity index (χ0n) is 8.78. The summed E-state index contributed by atoms with van der Waals surface area (Å²) in [7, 11) is 0. The van der Waals surface area contributed by atoms with Gasteiger partial charge in [0, 0.05) is 0 Å². The number of ether oxygens (including phenoxy) is 1. The minimum Gasteiger partial charge on any atom is -0.409 e. The molecule has 3 N–H and O–H groups in total. The first-order chi connectivity index (χ1) is 6.74.